The number of ether oxygens (including phenoxy) is 1. The summed E-state index contributed by atoms with van der Waals surface area (Å²) in [6.45, 7) is 7.78. The number of piperidine rings is 1. The van der Waals surface area contributed by atoms with Crippen LogP contribution in [0.4, 0.5) is 0 Å². The van der Waals surface area contributed by atoms with E-state index in [2.05, 4.69) is 13.0 Å². The highest BCUT2D eigenvalue weighted by atomic mass is 16.5. The second-order valence-corrected chi connectivity index (χ2v) is 6.59. The number of nitriles is 1. The van der Waals surface area contributed by atoms with Crippen molar-refractivity contribution in [2.24, 2.45) is 11.8 Å². The summed E-state index contributed by atoms with van der Waals surface area (Å²) in [5, 5.41) is 9.20. The first kappa shape index (κ1) is 17.3. The number of nitrogens with zero attached hydrogens (tertiary/aromatic N) is 2. The number of amides is 1. The van der Waals surface area contributed by atoms with E-state index in [0.717, 1.165) is 25.9 Å². The molecule has 4 nitrogen and oxygen atoms in total. The molecule has 0 aromatic heterocycles. The van der Waals surface area contributed by atoms with Gasteiger partial charge in [-0.2, -0.15) is 5.26 Å². The van der Waals surface area contributed by atoms with Crippen molar-refractivity contribution in [2.45, 2.75) is 46.1 Å². The number of benzene rings is 1. The number of hydrogen-bond acceptors (Lipinski definition) is 3. The molecule has 4 heteroatoms. The minimum absolute atomic E-state index is 0.0471. The van der Waals surface area contributed by atoms with Crippen LogP contribution in [0.25, 0.3) is 0 Å². The quantitative estimate of drug-likeness (QED) is 0.834. The fourth-order valence-corrected chi connectivity index (χ4v) is 3.05. The zero-order chi connectivity index (χ0) is 16.8. The van der Waals surface area contributed by atoms with Gasteiger partial charge in [-0.15, -0.1) is 0 Å². The molecule has 1 aromatic rings. The van der Waals surface area contributed by atoms with Gasteiger partial charge in [-0.05, 0) is 36.8 Å². The van der Waals surface area contributed by atoms with Crippen molar-refractivity contribution in [2.75, 3.05) is 13.1 Å². The van der Waals surface area contributed by atoms with E-state index in [0.29, 0.717) is 17.2 Å². The summed E-state index contributed by atoms with van der Waals surface area (Å²) in [6, 6.07) is 9.22. The van der Waals surface area contributed by atoms with E-state index in [1.165, 1.54) is 6.42 Å². The van der Waals surface area contributed by atoms with Crippen LogP contribution in [0.3, 0.4) is 0 Å². The fourth-order valence-electron chi connectivity index (χ4n) is 3.05. The Kier molecular flexibility index (Phi) is 6.04. The minimum Gasteiger partial charge on any atom is -0.479 e. The Balaban J connectivity index is 2.15. The van der Waals surface area contributed by atoms with Crippen LogP contribution in [0.2, 0.25) is 0 Å². The first-order chi connectivity index (χ1) is 11.1. The smallest absolute Gasteiger partial charge is 0.263 e. The van der Waals surface area contributed by atoms with Gasteiger partial charge < -0.3 is 9.64 Å². The van der Waals surface area contributed by atoms with Crippen molar-refractivity contribution < 1.29 is 9.53 Å². The summed E-state index contributed by atoms with van der Waals surface area (Å²) in [5.41, 5.74) is 0.469. The number of hydrogen-bond donors (Lipinski definition) is 0. The van der Waals surface area contributed by atoms with Crippen molar-refractivity contribution in [3.05, 3.63) is 29.8 Å². The summed E-state index contributed by atoms with van der Waals surface area (Å²) in [4.78, 5) is 14.9. The Hall–Kier alpha value is -2.02. The van der Waals surface area contributed by atoms with Crippen molar-refractivity contribution >= 4 is 5.91 Å². The van der Waals surface area contributed by atoms with Crippen LogP contribution in [0, 0.1) is 23.2 Å². The Morgan fingerprint density at radius 2 is 2.17 bits per heavy atom. The molecule has 2 rings (SSSR count). The van der Waals surface area contributed by atoms with Crippen LogP contribution in [0.5, 0.6) is 5.75 Å². The second-order valence-electron chi connectivity index (χ2n) is 6.59. The molecule has 2 unspecified atom stereocenters. The van der Waals surface area contributed by atoms with Gasteiger partial charge in [0, 0.05) is 13.1 Å². The molecule has 1 amide bonds. The molecule has 0 bridgehead atoms. The van der Waals surface area contributed by atoms with Crippen LogP contribution in [-0.2, 0) is 4.79 Å². The van der Waals surface area contributed by atoms with E-state index in [9.17, 15) is 10.1 Å². The molecule has 0 saturated carbocycles. The summed E-state index contributed by atoms with van der Waals surface area (Å²) in [5.74, 6) is 1.18. The molecule has 0 N–H and O–H groups in total. The molecule has 1 heterocycles. The fraction of sp³-hybridized carbons (Fsp3) is 0.579. The highest BCUT2D eigenvalue weighted by molar-refractivity contribution is 5.81. The van der Waals surface area contributed by atoms with Gasteiger partial charge in [0.1, 0.15) is 11.8 Å². The van der Waals surface area contributed by atoms with Gasteiger partial charge in [0.05, 0.1) is 5.56 Å². The van der Waals surface area contributed by atoms with E-state index in [-0.39, 0.29) is 11.8 Å². The lowest BCUT2D eigenvalue weighted by Crippen LogP contribution is -2.48. The maximum Gasteiger partial charge on any atom is 0.263 e. The van der Waals surface area contributed by atoms with Gasteiger partial charge in [-0.25, -0.2) is 0 Å². The molecule has 1 aliphatic heterocycles. The lowest BCUT2D eigenvalue weighted by atomic mass is 9.94. The Morgan fingerprint density at radius 3 is 2.83 bits per heavy atom. The minimum atomic E-state index is -0.542. The normalized spacial score (nSPS) is 19.3. The Bertz CT molecular complexity index is 577. The van der Waals surface area contributed by atoms with Gasteiger partial charge in [-0.1, -0.05) is 39.3 Å². The van der Waals surface area contributed by atoms with E-state index < -0.39 is 6.10 Å². The van der Waals surface area contributed by atoms with E-state index in [1.807, 2.05) is 24.8 Å². The lowest BCUT2D eigenvalue weighted by Gasteiger charge is -2.35. The second kappa shape index (κ2) is 8.01. The average Bonchev–Trinajstić information content (AvgIpc) is 2.59. The van der Waals surface area contributed by atoms with Gasteiger partial charge in [0.15, 0.2) is 6.10 Å². The summed E-state index contributed by atoms with van der Waals surface area (Å²) < 4.78 is 5.97. The topological polar surface area (TPSA) is 53.3 Å². The third-order valence-electron chi connectivity index (χ3n) is 4.52. The monoisotopic (exact) mass is 314 g/mol. The third kappa shape index (κ3) is 4.25. The third-order valence-corrected chi connectivity index (χ3v) is 4.52. The average molecular weight is 314 g/mol. The standard InChI is InChI=1S/C19H26N2O2/c1-4-15-8-7-11-21(13-15)19(22)18(14(2)3)23-17-10-6-5-9-16(17)12-20/h5-6,9-10,14-15,18H,4,7-8,11,13H2,1-3H3. The largest absolute Gasteiger partial charge is 0.479 e. The van der Waals surface area contributed by atoms with Crippen LogP contribution >= 0.6 is 0 Å². The molecule has 0 aliphatic carbocycles. The summed E-state index contributed by atoms with van der Waals surface area (Å²) in [7, 11) is 0. The first-order valence-electron chi connectivity index (χ1n) is 8.51. The van der Waals surface area contributed by atoms with Crippen molar-refractivity contribution in [3.63, 3.8) is 0 Å². The Morgan fingerprint density at radius 1 is 1.43 bits per heavy atom. The predicted octanol–water partition coefficient (Wildman–Crippen LogP) is 3.61. The first-order valence-corrected chi connectivity index (χ1v) is 8.51. The highest BCUT2D eigenvalue weighted by Gasteiger charge is 2.32. The number of carbonyl (C=O) groups is 1. The zero-order valence-electron chi connectivity index (χ0n) is 14.3. The molecular formula is C19H26N2O2. The van der Waals surface area contributed by atoms with Gasteiger partial charge in [0.25, 0.3) is 5.91 Å². The highest BCUT2D eigenvalue weighted by Crippen LogP contribution is 2.24. The van der Waals surface area contributed by atoms with Crippen LogP contribution in [-0.4, -0.2) is 30.0 Å². The molecule has 1 aliphatic rings. The Labute approximate surface area is 139 Å². The van der Waals surface area contributed by atoms with Gasteiger partial charge in [-0.3, -0.25) is 4.79 Å². The lowest BCUT2D eigenvalue weighted by molar-refractivity contribution is -0.142. The predicted molar refractivity (Wildman–Crippen MR) is 90.0 cm³/mol. The van der Waals surface area contributed by atoms with Crippen LogP contribution in [0.15, 0.2) is 24.3 Å². The van der Waals surface area contributed by atoms with Crippen LogP contribution < -0.4 is 4.74 Å². The summed E-state index contributed by atoms with van der Waals surface area (Å²) >= 11 is 0. The van der Waals surface area contributed by atoms with E-state index in [4.69, 9.17) is 4.74 Å². The van der Waals surface area contributed by atoms with Crippen molar-refractivity contribution in [1.29, 1.82) is 5.26 Å². The molecule has 1 saturated heterocycles. The molecule has 0 radical (unpaired) electrons. The molecule has 124 valence electrons. The maximum atomic E-state index is 12.9. The van der Waals surface area contributed by atoms with Gasteiger partial charge >= 0.3 is 0 Å². The molecule has 1 fully saturated rings. The SMILES string of the molecule is CCC1CCCN(C(=O)C(Oc2ccccc2C#N)C(C)C)C1. The van der Waals surface area contributed by atoms with Crippen LogP contribution in [0.1, 0.15) is 45.6 Å². The van der Waals surface area contributed by atoms with Crippen molar-refractivity contribution in [1.82, 2.24) is 4.90 Å². The zero-order valence-corrected chi connectivity index (χ0v) is 14.3. The molecule has 23 heavy (non-hydrogen) atoms. The molecule has 1 aromatic carbocycles. The number of likely N-dealkylation sites (tertiary alicyclic amines) is 1. The van der Waals surface area contributed by atoms with Gasteiger partial charge in [0.2, 0.25) is 0 Å². The maximum absolute atomic E-state index is 12.9. The van der Waals surface area contributed by atoms with Crippen molar-refractivity contribution in [3.8, 4) is 11.8 Å². The molecule has 0 spiro atoms. The number of rotatable bonds is 5. The number of para-hydroxylation sites is 1. The van der Waals surface area contributed by atoms with E-state index in [1.54, 1.807) is 18.2 Å². The molecular weight excluding hydrogens is 288 g/mol. The molecule has 2 atom stereocenters. The summed E-state index contributed by atoms with van der Waals surface area (Å²) in [6.07, 6.45) is 2.82. The van der Waals surface area contributed by atoms with E-state index >= 15 is 0 Å². The number of carbonyl (C=O) groups excluding carboxylic acids is 1.